The first-order valence-electron chi connectivity index (χ1n) is 5.37. The Hall–Kier alpha value is -1.16. The van der Waals surface area contributed by atoms with E-state index in [2.05, 4.69) is 31.3 Å². The third-order valence-electron chi connectivity index (χ3n) is 2.36. The van der Waals surface area contributed by atoms with Gasteiger partial charge in [-0.3, -0.25) is 0 Å². The van der Waals surface area contributed by atoms with Crippen molar-refractivity contribution < 1.29 is 8.42 Å². The summed E-state index contributed by atoms with van der Waals surface area (Å²) in [6.45, 7) is 0. The number of nitrogens with zero attached hydrogens (tertiary/aromatic N) is 2. The minimum atomic E-state index is -3.18. The second-order valence-corrected chi connectivity index (χ2v) is 7.70. The molecule has 0 unspecified atom stereocenters. The molecule has 0 fully saturated rings. The Kier molecular flexibility index (Phi) is 4.63. The van der Waals surface area contributed by atoms with Gasteiger partial charge in [-0.1, -0.05) is 11.8 Å². The van der Waals surface area contributed by atoms with Crippen LogP contribution in [-0.2, 0) is 9.84 Å². The molecule has 106 valence electrons. The maximum absolute atomic E-state index is 11.4. The van der Waals surface area contributed by atoms with E-state index in [0.717, 1.165) is 4.90 Å². The Morgan fingerprint density at radius 1 is 1.25 bits per heavy atom. The Morgan fingerprint density at radius 2 is 1.90 bits per heavy atom. The van der Waals surface area contributed by atoms with Crippen molar-refractivity contribution in [3.63, 3.8) is 0 Å². The molecule has 0 amide bonds. The number of halogens is 1. The number of hydrogen-bond donors (Lipinski definition) is 2. The zero-order valence-electron chi connectivity index (χ0n) is 10.4. The maximum atomic E-state index is 11.4. The lowest BCUT2D eigenvalue weighted by Crippen LogP contribution is -2.09. The first kappa shape index (κ1) is 15.2. The zero-order valence-corrected chi connectivity index (χ0v) is 13.6. The van der Waals surface area contributed by atoms with Crippen molar-refractivity contribution in [1.82, 2.24) is 9.97 Å². The molecule has 1 aromatic carbocycles. The van der Waals surface area contributed by atoms with Gasteiger partial charge in [-0.2, -0.15) is 0 Å². The third-order valence-corrected chi connectivity index (χ3v) is 5.51. The summed E-state index contributed by atoms with van der Waals surface area (Å²) in [6, 6.07) is 6.58. The van der Waals surface area contributed by atoms with Crippen LogP contribution < -0.4 is 11.3 Å². The van der Waals surface area contributed by atoms with Gasteiger partial charge in [0.2, 0.25) is 0 Å². The number of aromatic nitrogens is 2. The van der Waals surface area contributed by atoms with E-state index in [9.17, 15) is 8.42 Å². The molecule has 1 heterocycles. The highest BCUT2D eigenvalue weighted by atomic mass is 79.9. The van der Waals surface area contributed by atoms with Crippen molar-refractivity contribution in [2.24, 2.45) is 5.84 Å². The summed E-state index contributed by atoms with van der Waals surface area (Å²) in [4.78, 5) is 9.25. The zero-order chi connectivity index (χ0) is 14.8. The van der Waals surface area contributed by atoms with Crippen LogP contribution in [0.5, 0.6) is 0 Å². The summed E-state index contributed by atoms with van der Waals surface area (Å²) in [5.41, 5.74) is 2.46. The number of nitrogens with two attached hydrogens (primary N) is 1. The highest BCUT2D eigenvalue weighted by Gasteiger charge is 2.11. The second kappa shape index (κ2) is 6.08. The minimum Gasteiger partial charge on any atom is -0.307 e. The van der Waals surface area contributed by atoms with Crippen LogP contribution in [0.25, 0.3) is 0 Å². The van der Waals surface area contributed by atoms with E-state index in [1.165, 1.54) is 24.3 Å². The Labute approximate surface area is 129 Å². The first-order chi connectivity index (χ1) is 9.41. The molecule has 9 heteroatoms. The molecule has 0 saturated carbocycles. The van der Waals surface area contributed by atoms with Crippen LogP contribution in [-0.4, -0.2) is 24.6 Å². The minimum absolute atomic E-state index is 0.285. The average molecular weight is 375 g/mol. The van der Waals surface area contributed by atoms with Crippen molar-refractivity contribution >= 4 is 43.3 Å². The van der Waals surface area contributed by atoms with E-state index in [4.69, 9.17) is 5.84 Å². The molecule has 0 saturated heterocycles. The second-order valence-electron chi connectivity index (χ2n) is 3.83. The topological polar surface area (TPSA) is 98.0 Å². The summed E-state index contributed by atoms with van der Waals surface area (Å²) in [5.74, 6) is 5.82. The van der Waals surface area contributed by atoms with E-state index in [-0.39, 0.29) is 4.90 Å². The number of hydrazine groups is 1. The maximum Gasteiger partial charge on any atom is 0.175 e. The molecular weight excluding hydrogens is 364 g/mol. The molecule has 3 N–H and O–H groups in total. The van der Waals surface area contributed by atoms with Crippen LogP contribution in [0.15, 0.2) is 49.9 Å². The predicted molar refractivity (Wildman–Crippen MR) is 81.2 cm³/mol. The summed E-state index contributed by atoms with van der Waals surface area (Å²) in [5, 5.41) is 0.681. The van der Waals surface area contributed by atoms with Crippen molar-refractivity contribution in [3.05, 3.63) is 35.1 Å². The molecule has 0 aliphatic heterocycles. The molecule has 0 spiro atoms. The molecule has 0 aliphatic carbocycles. The predicted octanol–water partition coefficient (Wildman–Crippen LogP) is 2.08. The van der Waals surface area contributed by atoms with E-state index < -0.39 is 9.84 Å². The van der Waals surface area contributed by atoms with Crippen LogP contribution in [0.3, 0.4) is 0 Å². The molecule has 2 aromatic rings. The van der Waals surface area contributed by atoms with Crippen molar-refractivity contribution in [2.45, 2.75) is 14.8 Å². The normalized spacial score (nSPS) is 11.3. The van der Waals surface area contributed by atoms with Crippen molar-refractivity contribution in [1.29, 1.82) is 0 Å². The number of hydrogen-bond acceptors (Lipinski definition) is 7. The summed E-state index contributed by atoms with van der Waals surface area (Å²) in [7, 11) is -3.18. The van der Waals surface area contributed by atoms with Gasteiger partial charge in [0, 0.05) is 11.2 Å². The highest BCUT2D eigenvalue weighted by molar-refractivity contribution is 9.10. The molecule has 0 bridgehead atoms. The smallest absolute Gasteiger partial charge is 0.175 e. The Balaban J connectivity index is 2.27. The van der Waals surface area contributed by atoms with Gasteiger partial charge in [-0.05, 0) is 40.2 Å². The Bertz CT molecular complexity index is 720. The van der Waals surface area contributed by atoms with E-state index in [1.54, 1.807) is 24.3 Å². The lowest BCUT2D eigenvalue weighted by molar-refractivity contribution is 0.602. The van der Waals surface area contributed by atoms with E-state index in [0.29, 0.717) is 15.3 Å². The molecule has 0 radical (unpaired) electrons. The average Bonchev–Trinajstić information content (AvgIpc) is 2.41. The highest BCUT2D eigenvalue weighted by Crippen LogP contribution is 2.34. The number of nitrogens with one attached hydrogen (secondary N) is 1. The molecule has 0 aliphatic rings. The van der Waals surface area contributed by atoms with E-state index >= 15 is 0 Å². The number of sulfone groups is 1. The Morgan fingerprint density at radius 3 is 2.45 bits per heavy atom. The van der Waals surface area contributed by atoms with E-state index in [1.807, 2.05) is 0 Å². The molecule has 1 aromatic heterocycles. The quantitative estimate of drug-likeness (QED) is 0.480. The molecule has 0 atom stereocenters. The summed E-state index contributed by atoms with van der Waals surface area (Å²) < 4.78 is 23.4. The fourth-order valence-electron chi connectivity index (χ4n) is 1.39. The lowest BCUT2D eigenvalue weighted by Gasteiger charge is -2.07. The van der Waals surface area contributed by atoms with Gasteiger partial charge in [0.25, 0.3) is 0 Å². The van der Waals surface area contributed by atoms with Crippen LogP contribution in [0.4, 0.5) is 5.82 Å². The van der Waals surface area contributed by atoms with Crippen LogP contribution in [0, 0.1) is 0 Å². The third kappa shape index (κ3) is 3.48. The van der Waals surface area contributed by atoms with Gasteiger partial charge >= 0.3 is 0 Å². The van der Waals surface area contributed by atoms with Crippen LogP contribution in [0.1, 0.15) is 0 Å². The van der Waals surface area contributed by atoms with Gasteiger partial charge in [0.1, 0.15) is 11.4 Å². The van der Waals surface area contributed by atoms with Crippen LogP contribution in [0.2, 0.25) is 0 Å². The fourth-order valence-corrected chi connectivity index (χ4v) is 3.37. The number of nitrogen functional groups attached to an aromatic ring is 1. The fraction of sp³-hybridized carbons (Fsp3) is 0.0909. The SMILES string of the molecule is CS(=O)(=O)c1ccc(Sc2ncnc(NN)c2Br)cc1. The van der Waals surface area contributed by atoms with Gasteiger partial charge in [-0.25, -0.2) is 24.2 Å². The first-order valence-corrected chi connectivity index (χ1v) is 8.87. The van der Waals surface area contributed by atoms with Crippen LogP contribution >= 0.6 is 27.7 Å². The van der Waals surface area contributed by atoms with Crippen molar-refractivity contribution in [2.75, 3.05) is 11.7 Å². The molecule has 6 nitrogen and oxygen atoms in total. The molecule has 20 heavy (non-hydrogen) atoms. The monoisotopic (exact) mass is 374 g/mol. The van der Waals surface area contributed by atoms with Gasteiger partial charge < -0.3 is 5.43 Å². The molecular formula is C11H11BrN4O2S2. The number of rotatable bonds is 4. The standard InChI is InChI=1S/C11H11BrN4O2S2/c1-20(17,18)8-4-2-7(3-5-8)19-11-9(12)10(16-13)14-6-15-11/h2-6H,13H2,1H3,(H,14,15,16). The van der Waals surface area contributed by atoms with Gasteiger partial charge in [0.05, 0.1) is 9.37 Å². The summed E-state index contributed by atoms with van der Waals surface area (Å²) in [6.07, 6.45) is 2.57. The number of anilines is 1. The lowest BCUT2D eigenvalue weighted by atomic mass is 10.4. The number of benzene rings is 1. The van der Waals surface area contributed by atoms with Gasteiger partial charge in [0.15, 0.2) is 15.7 Å². The molecule has 2 rings (SSSR count). The van der Waals surface area contributed by atoms with Crippen molar-refractivity contribution in [3.8, 4) is 0 Å². The van der Waals surface area contributed by atoms with Gasteiger partial charge in [-0.15, -0.1) is 0 Å². The largest absolute Gasteiger partial charge is 0.307 e. The summed E-state index contributed by atoms with van der Waals surface area (Å²) >= 11 is 4.74.